The van der Waals surface area contributed by atoms with Crippen LogP contribution in [-0.2, 0) is 70.3 Å². The molecule has 0 radical (unpaired) electrons. The number of pyridine rings is 1. The van der Waals surface area contributed by atoms with Crippen LogP contribution in [0, 0.1) is 0 Å². The second kappa shape index (κ2) is 18.0. The monoisotopic (exact) mass is 657 g/mol. The number of hydrogen-bond donors (Lipinski definition) is 4. The fourth-order valence-electron chi connectivity index (χ4n) is 3.73. The maximum atomic E-state index is 12.9. The molecule has 1 aromatic carbocycles. The number of nitrogens with one attached hydrogen (secondary N) is 4. The highest BCUT2D eigenvalue weighted by Gasteiger charge is 2.25. The van der Waals surface area contributed by atoms with E-state index in [4.69, 9.17) is 9.47 Å². The molecule has 1 atom stereocenters. The Morgan fingerprint density at radius 1 is 0.574 bits per heavy atom. The first-order valence-electron chi connectivity index (χ1n) is 13.9. The van der Waals surface area contributed by atoms with E-state index in [1.54, 1.807) is 42.6 Å². The van der Waals surface area contributed by atoms with Crippen LogP contribution in [0.4, 0.5) is 0 Å². The molecule has 1 fully saturated rings. The van der Waals surface area contributed by atoms with Gasteiger partial charge in [0.15, 0.2) is 26.4 Å². The lowest BCUT2D eigenvalue weighted by molar-refractivity contribution is -0.154. The standard InChI is InChI=1S/C29H31N5O13/c35-21-14-45-27(41)11-32-23(37)16-47-29(43)20(9-18-4-6-19(7-5-18)13-34-8-2-1-3-25(34)39)33-24(38)17-46-28(42)12-31-22(36)15-44-26(40)10-30-21/h1-8,20H,9-17H2,(H,30,35)(H,31,36)(H,32,37)(H,33,38). The Bertz CT molecular complexity index is 1550. The number of amides is 4. The molecule has 250 valence electrons. The second-order valence-electron chi connectivity index (χ2n) is 9.73. The normalized spacial score (nSPS) is 18.5. The average Bonchev–Trinajstić information content (AvgIpc) is 3.06. The Labute approximate surface area is 266 Å². The molecule has 0 bridgehead atoms. The molecule has 1 aliphatic rings. The van der Waals surface area contributed by atoms with Crippen LogP contribution >= 0.6 is 0 Å². The Hall–Kier alpha value is -6.07. The van der Waals surface area contributed by atoms with Crippen molar-refractivity contribution in [2.45, 2.75) is 19.0 Å². The summed E-state index contributed by atoms with van der Waals surface area (Å²) in [6.07, 6.45) is 1.52. The molecule has 1 aliphatic heterocycles. The van der Waals surface area contributed by atoms with Crippen LogP contribution in [-0.4, -0.2) is 104 Å². The zero-order valence-electron chi connectivity index (χ0n) is 24.8. The highest BCUT2D eigenvalue weighted by molar-refractivity contribution is 5.90. The molecule has 18 nitrogen and oxygen atoms in total. The molecule has 3 rings (SSSR count). The smallest absolute Gasteiger partial charge is 0.329 e. The molecule has 0 saturated carbocycles. The summed E-state index contributed by atoms with van der Waals surface area (Å²) in [5.41, 5.74) is 1.14. The van der Waals surface area contributed by atoms with Crippen LogP contribution in [0.25, 0.3) is 0 Å². The van der Waals surface area contributed by atoms with Gasteiger partial charge in [-0.3, -0.25) is 38.4 Å². The fourth-order valence-corrected chi connectivity index (χ4v) is 3.73. The van der Waals surface area contributed by atoms with E-state index >= 15 is 0 Å². The first kappa shape index (κ1) is 35.4. The minimum atomic E-state index is -1.36. The molecule has 1 unspecified atom stereocenters. The number of hydrogen-bond acceptors (Lipinski definition) is 13. The van der Waals surface area contributed by atoms with Crippen molar-refractivity contribution in [3.8, 4) is 0 Å². The Morgan fingerprint density at radius 2 is 1.04 bits per heavy atom. The summed E-state index contributed by atoms with van der Waals surface area (Å²) in [7, 11) is 0. The van der Waals surface area contributed by atoms with Crippen molar-refractivity contribution in [2.24, 2.45) is 0 Å². The van der Waals surface area contributed by atoms with Gasteiger partial charge in [-0.2, -0.15) is 0 Å². The topological polar surface area (TPSA) is 244 Å². The van der Waals surface area contributed by atoms with E-state index in [0.29, 0.717) is 5.56 Å². The molecule has 18 heteroatoms. The van der Waals surface area contributed by atoms with Gasteiger partial charge in [-0.05, 0) is 17.2 Å². The maximum Gasteiger partial charge on any atom is 0.329 e. The van der Waals surface area contributed by atoms with E-state index in [1.165, 1.54) is 10.6 Å². The van der Waals surface area contributed by atoms with Crippen molar-refractivity contribution in [3.63, 3.8) is 0 Å². The van der Waals surface area contributed by atoms with Gasteiger partial charge in [-0.15, -0.1) is 0 Å². The number of rotatable bonds is 4. The second-order valence-corrected chi connectivity index (χ2v) is 9.73. The first-order chi connectivity index (χ1) is 22.5. The predicted octanol–water partition coefficient (Wildman–Crippen LogP) is -3.54. The van der Waals surface area contributed by atoms with Crippen molar-refractivity contribution >= 4 is 47.5 Å². The number of esters is 4. The third-order valence-electron chi connectivity index (χ3n) is 6.06. The average molecular weight is 658 g/mol. The van der Waals surface area contributed by atoms with Crippen LogP contribution in [0.5, 0.6) is 0 Å². The van der Waals surface area contributed by atoms with Gasteiger partial charge in [0.2, 0.25) is 0 Å². The van der Waals surface area contributed by atoms with Crippen LogP contribution in [0.1, 0.15) is 11.1 Å². The predicted molar refractivity (Wildman–Crippen MR) is 155 cm³/mol. The van der Waals surface area contributed by atoms with Crippen LogP contribution in [0.2, 0.25) is 0 Å². The molecule has 47 heavy (non-hydrogen) atoms. The van der Waals surface area contributed by atoms with E-state index in [-0.39, 0.29) is 18.5 Å². The summed E-state index contributed by atoms with van der Waals surface area (Å²) in [4.78, 5) is 109. The van der Waals surface area contributed by atoms with Gasteiger partial charge in [0.1, 0.15) is 25.7 Å². The molecular formula is C29H31N5O13. The molecule has 1 saturated heterocycles. The third kappa shape index (κ3) is 13.2. The van der Waals surface area contributed by atoms with Crippen molar-refractivity contribution in [1.82, 2.24) is 25.8 Å². The zero-order valence-corrected chi connectivity index (χ0v) is 24.8. The summed E-state index contributed by atoms with van der Waals surface area (Å²) in [5.74, 6) is -7.68. The SMILES string of the molecule is O=C1COC(=O)CNC(=O)COC(=O)C(Cc2ccc(Cn3ccccc3=O)cc2)NC(=O)COC(=O)CNC(=O)COC(=O)CN1. The van der Waals surface area contributed by atoms with Crippen LogP contribution < -0.4 is 26.8 Å². The number of nitrogens with zero attached hydrogens (tertiary/aromatic N) is 1. The number of carbonyl (C=O) groups is 8. The number of ether oxygens (including phenoxy) is 4. The summed E-state index contributed by atoms with van der Waals surface area (Å²) in [6.45, 7) is -5.04. The lowest BCUT2D eigenvalue weighted by Gasteiger charge is -2.18. The Morgan fingerprint density at radius 3 is 1.55 bits per heavy atom. The van der Waals surface area contributed by atoms with Crippen molar-refractivity contribution in [1.29, 1.82) is 0 Å². The van der Waals surface area contributed by atoms with Gasteiger partial charge in [0, 0.05) is 18.7 Å². The number of cyclic esters (lactones) is 4. The highest BCUT2D eigenvalue weighted by Crippen LogP contribution is 2.09. The maximum absolute atomic E-state index is 12.9. The molecule has 1 aromatic heterocycles. The van der Waals surface area contributed by atoms with Crippen LogP contribution in [0.3, 0.4) is 0 Å². The van der Waals surface area contributed by atoms with Gasteiger partial charge < -0.3 is 44.8 Å². The minimum Gasteiger partial charge on any atom is -0.454 e. The van der Waals surface area contributed by atoms with E-state index in [9.17, 15) is 43.2 Å². The molecule has 0 aliphatic carbocycles. The minimum absolute atomic E-state index is 0.116. The Kier molecular flexibility index (Phi) is 13.6. The van der Waals surface area contributed by atoms with Crippen molar-refractivity contribution in [2.75, 3.05) is 46.1 Å². The Balaban J connectivity index is 1.67. The summed E-state index contributed by atoms with van der Waals surface area (Å²) in [5, 5.41) is 8.69. The van der Waals surface area contributed by atoms with E-state index in [2.05, 4.69) is 30.7 Å². The van der Waals surface area contributed by atoms with Crippen LogP contribution in [0.15, 0.2) is 53.5 Å². The number of aromatic nitrogens is 1. The summed E-state index contributed by atoms with van der Waals surface area (Å²) >= 11 is 0. The highest BCUT2D eigenvalue weighted by atomic mass is 16.6. The summed E-state index contributed by atoms with van der Waals surface area (Å²) in [6, 6.07) is 10.2. The molecule has 4 N–H and O–H groups in total. The summed E-state index contributed by atoms with van der Waals surface area (Å²) < 4.78 is 20.6. The van der Waals surface area contributed by atoms with E-state index in [0.717, 1.165) is 5.56 Å². The fraction of sp³-hybridized carbons (Fsp3) is 0.345. The van der Waals surface area contributed by atoms with Gasteiger partial charge in [0.05, 0.1) is 6.54 Å². The zero-order chi connectivity index (χ0) is 34.2. The van der Waals surface area contributed by atoms with E-state index in [1.807, 2.05) is 0 Å². The number of carbonyl (C=O) groups excluding carboxylic acids is 8. The molecule has 4 amide bonds. The van der Waals surface area contributed by atoms with E-state index < -0.39 is 99.6 Å². The molecule has 2 aromatic rings. The largest absolute Gasteiger partial charge is 0.454 e. The molecule has 2 heterocycles. The van der Waals surface area contributed by atoms with Gasteiger partial charge >= 0.3 is 23.9 Å². The van der Waals surface area contributed by atoms with Gasteiger partial charge in [0.25, 0.3) is 29.2 Å². The first-order valence-corrected chi connectivity index (χ1v) is 13.9. The van der Waals surface area contributed by atoms with Crippen molar-refractivity contribution < 1.29 is 57.3 Å². The van der Waals surface area contributed by atoms with Crippen molar-refractivity contribution in [3.05, 3.63) is 70.1 Å². The van der Waals surface area contributed by atoms with Gasteiger partial charge in [-0.25, -0.2) is 4.79 Å². The third-order valence-corrected chi connectivity index (χ3v) is 6.06. The van der Waals surface area contributed by atoms with Gasteiger partial charge in [-0.1, -0.05) is 30.3 Å². The molecular weight excluding hydrogens is 626 g/mol. The molecule has 0 spiro atoms. The quantitative estimate of drug-likeness (QED) is 0.184. The lowest BCUT2D eigenvalue weighted by Crippen LogP contribution is -2.46. The lowest BCUT2D eigenvalue weighted by atomic mass is 10.0. The number of benzene rings is 1.